The van der Waals surface area contributed by atoms with E-state index < -0.39 is 16.8 Å². The van der Waals surface area contributed by atoms with Crippen LogP contribution in [0.25, 0.3) is 10.8 Å². The minimum absolute atomic E-state index is 0.197. The number of hydrogen-bond acceptors (Lipinski definition) is 7. The molecule has 1 fully saturated rings. The maximum atomic E-state index is 13.6. The van der Waals surface area contributed by atoms with Crippen molar-refractivity contribution in [1.82, 2.24) is 10.3 Å². The number of anilines is 2. The SMILES string of the molecule is COc1ccc(C(Nc2ccc3c(N)nccc3c2)C(=O)NCCc2ccccc2S(=O)C2CC2)cc1OC. The molecular formula is C30H32N4O4S. The summed E-state index contributed by atoms with van der Waals surface area (Å²) in [6.45, 7) is 0.406. The summed E-state index contributed by atoms with van der Waals surface area (Å²) in [5, 5.41) is 8.47. The van der Waals surface area contributed by atoms with Crippen LogP contribution in [-0.4, -0.2) is 41.1 Å². The molecule has 202 valence electrons. The van der Waals surface area contributed by atoms with Gasteiger partial charge in [-0.15, -0.1) is 0 Å². The normalized spacial score (nSPS) is 14.4. The summed E-state index contributed by atoms with van der Waals surface area (Å²) in [7, 11) is 2.14. The van der Waals surface area contributed by atoms with Crippen LogP contribution in [0.1, 0.15) is 30.0 Å². The van der Waals surface area contributed by atoms with Gasteiger partial charge in [-0.05, 0) is 78.2 Å². The van der Waals surface area contributed by atoms with E-state index in [1.165, 1.54) is 0 Å². The molecule has 1 aromatic heterocycles. The number of aromatic nitrogens is 1. The maximum absolute atomic E-state index is 13.6. The molecular weight excluding hydrogens is 512 g/mol. The van der Waals surface area contributed by atoms with Gasteiger partial charge in [-0.3, -0.25) is 9.00 Å². The molecule has 3 aromatic carbocycles. The average molecular weight is 545 g/mol. The second-order valence-corrected chi connectivity index (χ2v) is 11.2. The average Bonchev–Trinajstić information content (AvgIpc) is 3.81. The number of benzene rings is 3. The Labute approximate surface area is 230 Å². The molecule has 8 nitrogen and oxygen atoms in total. The van der Waals surface area contributed by atoms with Crippen molar-refractivity contribution in [2.75, 3.05) is 31.8 Å². The molecule has 9 heteroatoms. The van der Waals surface area contributed by atoms with Gasteiger partial charge < -0.3 is 25.8 Å². The molecule has 5 rings (SSSR count). The molecule has 1 aliphatic rings. The number of fused-ring (bicyclic) bond motifs is 1. The van der Waals surface area contributed by atoms with Crippen molar-refractivity contribution < 1.29 is 18.5 Å². The molecule has 2 atom stereocenters. The van der Waals surface area contributed by atoms with Crippen LogP contribution < -0.4 is 25.8 Å². The van der Waals surface area contributed by atoms with Gasteiger partial charge in [-0.2, -0.15) is 0 Å². The number of methoxy groups -OCH3 is 2. The van der Waals surface area contributed by atoms with E-state index in [0.717, 1.165) is 45.3 Å². The van der Waals surface area contributed by atoms with Crippen molar-refractivity contribution >= 4 is 39.0 Å². The van der Waals surface area contributed by atoms with Gasteiger partial charge >= 0.3 is 0 Å². The van der Waals surface area contributed by atoms with Gasteiger partial charge in [0.25, 0.3) is 0 Å². The Balaban J connectivity index is 1.37. The van der Waals surface area contributed by atoms with Gasteiger partial charge in [0, 0.05) is 34.0 Å². The first kappa shape index (κ1) is 26.5. The van der Waals surface area contributed by atoms with Crippen molar-refractivity contribution in [2.24, 2.45) is 0 Å². The van der Waals surface area contributed by atoms with Crippen LogP contribution in [0.3, 0.4) is 0 Å². The number of ether oxygens (including phenoxy) is 2. The number of pyridine rings is 1. The van der Waals surface area contributed by atoms with Crippen molar-refractivity contribution in [2.45, 2.75) is 35.4 Å². The minimum atomic E-state index is -0.999. The highest BCUT2D eigenvalue weighted by Crippen LogP contribution is 2.33. The lowest BCUT2D eigenvalue weighted by atomic mass is 10.0. The van der Waals surface area contributed by atoms with E-state index in [1.807, 2.05) is 54.6 Å². The Kier molecular flexibility index (Phi) is 7.97. The third-order valence-corrected chi connectivity index (χ3v) is 8.73. The summed E-state index contributed by atoms with van der Waals surface area (Å²) in [6, 6.07) is 20.1. The fraction of sp³-hybridized carbons (Fsp3) is 0.267. The zero-order valence-electron chi connectivity index (χ0n) is 22.0. The van der Waals surface area contributed by atoms with Crippen LogP contribution in [0.4, 0.5) is 11.5 Å². The molecule has 1 aliphatic carbocycles. The number of carbonyl (C=O) groups is 1. The first-order valence-corrected chi connectivity index (χ1v) is 14.1. The predicted octanol–water partition coefficient (Wildman–Crippen LogP) is 4.62. The van der Waals surface area contributed by atoms with Gasteiger partial charge in [0.05, 0.1) is 25.0 Å². The molecule has 4 N–H and O–H groups in total. The Bertz CT molecular complexity index is 1520. The maximum Gasteiger partial charge on any atom is 0.247 e. The number of amides is 1. The van der Waals surface area contributed by atoms with Gasteiger partial charge in [-0.25, -0.2) is 4.98 Å². The van der Waals surface area contributed by atoms with Crippen LogP contribution in [0, 0.1) is 0 Å². The molecule has 1 amide bonds. The standard InChI is InChI=1S/C30H32N4O4S/c1-37-25-12-7-21(18-26(25)38-2)28(34-22-8-11-24-20(17-22)14-15-32-29(24)31)30(35)33-16-13-19-5-3-4-6-27(19)39(36)23-9-10-23/h3-8,11-12,14-15,17-18,23,28,34H,9-10,13,16H2,1-2H3,(H2,31,32)(H,33,35). The molecule has 0 saturated heterocycles. The lowest BCUT2D eigenvalue weighted by Gasteiger charge is -2.22. The monoisotopic (exact) mass is 544 g/mol. The summed E-state index contributed by atoms with van der Waals surface area (Å²) in [6.07, 6.45) is 4.26. The van der Waals surface area contributed by atoms with Crippen molar-refractivity contribution in [1.29, 1.82) is 0 Å². The van der Waals surface area contributed by atoms with Crippen LogP contribution in [-0.2, 0) is 22.0 Å². The quantitative estimate of drug-likeness (QED) is 0.252. The highest BCUT2D eigenvalue weighted by Gasteiger charge is 2.30. The Morgan fingerprint density at radius 3 is 2.62 bits per heavy atom. The third-order valence-electron chi connectivity index (χ3n) is 6.82. The van der Waals surface area contributed by atoms with Crippen LogP contribution in [0.2, 0.25) is 0 Å². The Hall–Kier alpha value is -4.11. The van der Waals surface area contributed by atoms with E-state index in [-0.39, 0.29) is 11.2 Å². The Morgan fingerprint density at radius 2 is 1.85 bits per heavy atom. The van der Waals surface area contributed by atoms with E-state index in [0.29, 0.717) is 30.3 Å². The fourth-order valence-corrected chi connectivity index (χ4v) is 6.15. The summed E-state index contributed by atoms with van der Waals surface area (Å²) in [5.74, 6) is 1.37. The van der Waals surface area contributed by atoms with E-state index in [2.05, 4.69) is 15.6 Å². The van der Waals surface area contributed by atoms with Crippen molar-refractivity contribution in [3.8, 4) is 11.5 Å². The molecule has 4 aromatic rings. The van der Waals surface area contributed by atoms with Crippen molar-refractivity contribution in [3.05, 3.63) is 84.1 Å². The largest absolute Gasteiger partial charge is 0.493 e. The summed E-state index contributed by atoms with van der Waals surface area (Å²) >= 11 is 0. The topological polar surface area (TPSA) is 116 Å². The number of nitrogens with one attached hydrogen (secondary N) is 2. The molecule has 1 heterocycles. The number of nitrogens with two attached hydrogens (primary N) is 1. The second-order valence-electron chi connectivity index (χ2n) is 9.47. The molecule has 0 bridgehead atoms. The first-order valence-electron chi connectivity index (χ1n) is 12.9. The highest BCUT2D eigenvalue weighted by molar-refractivity contribution is 7.86. The molecule has 39 heavy (non-hydrogen) atoms. The summed E-state index contributed by atoms with van der Waals surface area (Å²) in [4.78, 5) is 18.6. The van der Waals surface area contributed by atoms with Crippen LogP contribution in [0.15, 0.2) is 77.8 Å². The summed E-state index contributed by atoms with van der Waals surface area (Å²) < 4.78 is 23.7. The zero-order chi connectivity index (χ0) is 27.4. The zero-order valence-corrected chi connectivity index (χ0v) is 22.8. The van der Waals surface area contributed by atoms with Crippen molar-refractivity contribution in [3.63, 3.8) is 0 Å². The molecule has 0 spiro atoms. The number of nitrogens with zero attached hydrogens (tertiary/aromatic N) is 1. The lowest BCUT2D eigenvalue weighted by molar-refractivity contribution is -0.121. The molecule has 2 unspecified atom stereocenters. The van der Waals surface area contributed by atoms with E-state index in [4.69, 9.17) is 15.2 Å². The number of rotatable bonds is 11. The molecule has 0 radical (unpaired) electrons. The second kappa shape index (κ2) is 11.7. The summed E-state index contributed by atoms with van der Waals surface area (Å²) in [5.41, 5.74) is 8.49. The van der Waals surface area contributed by atoms with E-state index >= 15 is 0 Å². The van der Waals surface area contributed by atoms with Gasteiger partial charge in [0.15, 0.2) is 11.5 Å². The lowest BCUT2D eigenvalue weighted by Crippen LogP contribution is -2.35. The smallest absolute Gasteiger partial charge is 0.247 e. The first-order chi connectivity index (χ1) is 19.0. The number of hydrogen-bond donors (Lipinski definition) is 3. The highest BCUT2D eigenvalue weighted by atomic mass is 32.2. The fourth-order valence-electron chi connectivity index (χ4n) is 4.58. The van der Waals surface area contributed by atoms with E-state index in [1.54, 1.807) is 32.5 Å². The number of carbonyl (C=O) groups excluding carboxylic acids is 1. The minimum Gasteiger partial charge on any atom is -0.493 e. The molecule has 1 saturated carbocycles. The Morgan fingerprint density at radius 1 is 1.05 bits per heavy atom. The van der Waals surface area contributed by atoms with Crippen LogP contribution >= 0.6 is 0 Å². The molecule has 0 aliphatic heterocycles. The van der Waals surface area contributed by atoms with Gasteiger partial charge in [0.2, 0.25) is 5.91 Å². The van der Waals surface area contributed by atoms with E-state index in [9.17, 15) is 9.00 Å². The van der Waals surface area contributed by atoms with Crippen LogP contribution in [0.5, 0.6) is 11.5 Å². The van der Waals surface area contributed by atoms with Gasteiger partial charge in [0.1, 0.15) is 11.9 Å². The van der Waals surface area contributed by atoms with Gasteiger partial charge in [-0.1, -0.05) is 24.3 Å². The third kappa shape index (κ3) is 5.98. The predicted molar refractivity (Wildman–Crippen MR) is 155 cm³/mol. The number of nitrogen functional groups attached to an aromatic ring is 1.